The van der Waals surface area contributed by atoms with Gasteiger partial charge in [0.2, 0.25) is 0 Å². The Bertz CT molecular complexity index is 845. The normalized spacial score (nSPS) is 12.7. The second-order valence-corrected chi connectivity index (χ2v) is 10.7. The monoisotopic (exact) mass is 475 g/mol. The first-order valence-corrected chi connectivity index (χ1v) is 11.4. The number of carboxylic acids is 1. The minimum atomic E-state index is -3.92. The second-order valence-electron chi connectivity index (χ2n) is 8.62. The van der Waals surface area contributed by atoms with Crippen molar-refractivity contribution < 1.29 is 42.6 Å². The first-order chi connectivity index (χ1) is 14.6. The van der Waals surface area contributed by atoms with Crippen LogP contribution < -0.4 is 0 Å². The summed E-state index contributed by atoms with van der Waals surface area (Å²) in [5.74, 6) is -2.70. The number of carbonyl (C=O) groups is 3. The van der Waals surface area contributed by atoms with Crippen molar-refractivity contribution in [1.29, 1.82) is 0 Å². The zero-order chi connectivity index (χ0) is 24.6. The van der Waals surface area contributed by atoms with Gasteiger partial charge in [-0.25, -0.2) is 19.1 Å². The van der Waals surface area contributed by atoms with E-state index in [0.29, 0.717) is 0 Å². The lowest BCUT2D eigenvalue weighted by Gasteiger charge is -2.22. The average Bonchev–Trinajstić information content (AvgIpc) is 3.09. The van der Waals surface area contributed by atoms with Gasteiger partial charge < -0.3 is 14.6 Å². The number of allylic oxidation sites excluding steroid dienone is 2. The van der Waals surface area contributed by atoms with E-state index in [9.17, 15) is 18.9 Å². The molecule has 0 bridgehead atoms. The summed E-state index contributed by atoms with van der Waals surface area (Å²) in [4.78, 5) is 34.6. The maximum Gasteiger partial charge on any atom is 0.358 e. The Morgan fingerprint density at radius 3 is 1.91 bits per heavy atom. The second kappa shape index (κ2) is 11.3. The van der Waals surface area contributed by atoms with Crippen LogP contribution in [0.1, 0.15) is 52.0 Å². The number of aromatic nitrogens is 3. The highest BCUT2D eigenvalue weighted by Gasteiger charge is 2.28. The fourth-order valence-electron chi connectivity index (χ4n) is 2.06. The predicted molar refractivity (Wildman–Crippen MR) is 112 cm³/mol. The van der Waals surface area contributed by atoms with Crippen LogP contribution in [0.25, 0.3) is 0 Å². The molecule has 0 aliphatic rings. The standard InChI is InChI=1S/C19H30N3O9P/c1-18(2,3)30-15(23)12-28-32(27,29-13-16(24)31-19(4,5)6)10-8-7-9-22-11-14(17(25)26)20-21-22/h7-8,11H,9-10,12-13H2,1-6H3,(H,25,26)/b8-7+. The molecular formula is C19H30N3O9P. The van der Waals surface area contributed by atoms with Crippen LogP contribution in [0, 0.1) is 0 Å². The van der Waals surface area contributed by atoms with Crippen molar-refractivity contribution in [2.75, 3.05) is 19.4 Å². The van der Waals surface area contributed by atoms with E-state index in [0.717, 1.165) is 0 Å². The Morgan fingerprint density at radius 2 is 1.50 bits per heavy atom. The van der Waals surface area contributed by atoms with E-state index >= 15 is 0 Å². The van der Waals surface area contributed by atoms with Crippen molar-refractivity contribution in [3.8, 4) is 0 Å². The molecule has 0 atom stereocenters. The van der Waals surface area contributed by atoms with E-state index in [4.69, 9.17) is 23.6 Å². The molecule has 0 saturated heterocycles. The number of aromatic carboxylic acids is 1. The number of esters is 2. The number of nitrogens with zero attached hydrogens (tertiary/aromatic N) is 3. The number of rotatable bonds is 11. The maximum atomic E-state index is 13.0. The summed E-state index contributed by atoms with van der Waals surface area (Å²) in [5.41, 5.74) is -1.73. The Morgan fingerprint density at radius 1 is 1.00 bits per heavy atom. The molecule has 1 aromatic rings. The summed E-state index contributed by atoms with van der Waals surface area (Å²) in [6.45, 7) is 8.90. The molecule has 1 rings (SSSR count). The molecule has 1 aromatic heterocycles. The van der Waals surface area contributed by atoms with Crippen LogP contribution in [0.15, 0.2) is 18.3 Å². The van der Waals surface area contributed by atoms with Gasteiger partial charge in [-0.1, -0.05) is 17.4 Å². The number of hydrogen-bond donors (Lipinski definition) is 1. The highest BCUT2D eigenvalue weighted by Crippen LogP contribution is 2.48. The molecule has 0 fully saturated rings. The van der Waals surface area contributed by atoms with Crippen LogP contribution >= 0.6 is 7.60 Å². The molecule has 0 radical (unpaired) electrons. The third-order valence-electron chi connectivity index (χ3n) is 3.14. The molecule has 32 heavy (non-hydrogen) atoms. The maximum absolute atomic E-state index is 13.0. The van der Waals surface area contributed by atoms with Crippen LogP contribution in [0.2, 0.25) is 0 Å². The first kappa shape index (κ1) is 27.5. The molecule has 0 aliphatic heterocycles. The van der Waals surface area contributed by atoms with Crippen LogP contribution in [0.5, 0.6) is 0 Å². The molecule has 180 valence electrons. The Kier molecular flexibility index (Phi) is 9.74. The molecule has 0 aliphatic carbocycles. The summed E-state index contributed by atoms with van der Waals surface area (Å²) in [5, 5.41) is 16.0. The van der Waals surface area contributed by atoms with Gasteiger partial charge in [0.1, 0.15) is 11.2 Å². The van der Waals surface area contributed by atoms with Gasteiger partial charge in [0.25, 0.3) is 0 Å². The van der Waals surface area contributed by atoms with Gasteiger partial charge in [-0.3, -0.25) is 13.6 Å². The molecule has 0 aromatic carbocycles. The van der Waals surface area contributed by atoms with Crippen molar-refractivity contribution in [1.82, 2.24) is 15.0 Å². The highest BCUT2D eigenvalue weighted by molar-refractivity contribution is 7.54. The molecule has 0 unspecified atom stereocenters. The fraction of sp³-hybridized carbons (Fsp3) is 0.632. The highest BCUT2D eigenvalue weighted by atomic mass is 31.2. The Balaban J connectivity index is 2.76. The number of carboxylic acid groups (broad SMARTS) is 1. The van der Waals surface area contributed by atoms with Gasteiger partial charge >= 0.3 is 25.5 Å². The SMILES string of the molecule is CC(C)(C)OC(=O)COP(=O)(C/C=C/Cn1cc(C(=O)O)nn1)OCC(=O)OC(C)(C)C. The summed E-state index contributed by atoms with van der Waals surface area (Å²) < 4.78 is 34.9. The third-order valence-corrected chi connectivity index (χ3v) is 4.85. The molecule has 1 N–H and O–H groups in total. The van der Waals surface area contributed by atoms with Crippen LogP contribution in [-0.4, -0.2) is 68.6 Å². The molecule has 0 spiro atoms. The van der Waals surface area contributed by atoms with E-state index < -0.39 is 49.9 Å². The van der Waals surface area contributed by atoms with E-state index in [1.165, 1.54) is 23.0 Å². The third kappa shape index (κ3) is 11.7. The summed E-state index contributed by atoms with van der Waals surface area (Å²) >= 11 is 0. The predicted octanol–water partition coefficient (Wildman–Crippen LogP) is 2.44. The van der Waals surface area contributed by atoms with Gasteiger partial charge in [-0.05, 0) is 41.5 Å². The summed E-state index contributed by atoms with van der Waals surface area (Å²) in [6, 6.07) is 0. The minimum absolute atomic E-state index is 0.137. The molecule has 13 heteroatoms. The molecule has 0 saturated carbocycles. The Labute approximate surface area is 186 Å². The minimum Gasteiger partial charge on any atom is -0.476 e. The van der Waals surface area contributed by atoms with E-state index in [1.807, 2.05) is 0 Å². The first-order valence-electron chi connectivity index (χ1n) is 9.69. The van der Waals surface area contributed by atoms with Crippen LogP contribution in [0.4, 0.5) is 0 Å². The fourth-order valence-corrected chi connectivity index (χ4v) is 3.36. The van der Waals surface area contributed by atoms with Crippen LogP contribution in [0.3, 0.4) is 0 Å². The van der Waals surface area contributed by atoms with Gasteiger partial charge in [0.15, 0.2) is 18.9 Å². The summed E-state index contributed by atoms with van der Waals surface area (Å²) in [6.07, 6.45) is 3.93. The van der Waals surface area contributed by atoms with Crippen LogP contribution in [-0.2, 0) is 39.2 Å². The van der Waals surface area contributed by atoms with E-state index in [-0.39, 0.29) is 18.4 Å². The quantitative estimate of drug-likeness (QED) is 0.285. The molecule has 1 heterocycles. The largest absolute Gasteiger partial charge is 0.476 e. The van der Waals surface area contributed by atoms with Gasteiger partial charge in [0, 0.05) is 0 Å². The van der Waals surface area contributed by atoms with E-state index in [1.54, 1.807) is 41.5 Å². The lowest BCUT2D eigenvalue weighted by atomic mass is 10.2. The van der Waals surface area contributed by atoms with Gasteiger partial charge in [0.05, 0.1) is 18.9 Å². The zero-order valence-corrected chi connectivity index (χ0v) is 20.0. The number of ether oxygens (including phenoxy) is 2. The van der Waals surface area contributed by atoms with Crippen molar-refractivity contribution in [2.24, 2.45) is 0 Å². The smallest absolute Gasteiger partial charge is 0.358 e. The zero-order valence-electron chi connectivity index (χ0n) is 19.1. The lowest BCUT2D eigenvalue weighted by molar-refractivity contribution is -0.158. The van der Waals surface area contributed by atoms with Gasteiger partial charge in [-0.2, -0.15) is 0 Å². The molecular weight excluding hydrogens is 445 g/mol. The van der Waals surface area contributed by atoms with Crippen molar-refractivity contribution in [2.45, 2.75) is 59.3 Å². The van der Waals surface area contributed by atoms with Gasteiger partial charge in [-0.15, -0.1) is 5.10 Å². The van der Waals surface area contributed by atoms with E-state index in [2.05, 4.69) is 10.3 Å². The number of hydrogen-bond acceptors (Lipinski definition) is 10. The topological polar surface area (TPSA) is 156 Å². The molecule has 12 nitrogen and oxygen atoms in total. The van der Waals surface area contributed by atoms with Crippen molar-refractivity contribution >= 4 is 25.5 Å². The molecule has 0 amide bonds. The lowest BCUT2D eigenvalue weighted by Crippen LogP contribution is -2.27. The Hall–Kier alpha value is -2.56. The summed E-state index contributed by atoms with van der Waals surface area (Å²) in [7, 11) is -3.92. The number of carbonyl (C=O) groups excluding carboxylic acids is 2. The van der Waals surface area contributed by atoms with Crippen molar-refractivity contribution in [3.63, 3.8) is 0 Å². The van der Waals surface area contributed by atoms with Crippen molar-refractivity contribution in [3.05, 3.63) is 24.0 Å². The average molecular weight is 475 g/mol.